The van der Waals surface area contributed by atoms with Gasteiger partial charge >= 0.3 is 0 Å². The van der Waals surface area contributed by atoms with E-state index in [1.165, 1.54) is 22.2 Å². The zero-order chi connectivity index (χ0) is 14.9. The van der Waals surface area contributed by atoms with Crippen LogP contribution in [0.5, 0.6) is 0 Å². The van der Waals surface area contributed by atoms with Gasteiger partial charge in [0.2, 0.25) is 0 Å². The third kappa shape index (κ3) is 2.82. The highest BCUT2D eigenvalue weighted by atomic mass is 14.7. The molecule has 3 aromatic rings. The van der Waals surface area contributed by atoms with Gasteiger partial charge in [0.15, 0.2) is 0 Å². The first-order chi connectivity index (χ1) is 10.1. The maximum Gasteiger partial charge on any atom is 0.0708 e. The van der Waals surface area contributed by atoms with Gasteiger partial charge in [-0.25, -0.2) is 0 Å². The number of aromatic nitrogens is 1. The summed E-state index contributed by atoms with van der Waals surface area (Å²) in [5.74, 6) is 0. The van der Waals surface area contributed by atoms with E-state index in [1.54, 1.807) is 0 Å². The summed E-state index contributed by atoms with van der Waals surface area (Å²) in [5.41, 5.74) is 4.94. The van der Waals surface area contributed by atoms with E-state index in [-0.39, 0.29) is 5.41 Å². The molecule has 106 valence electrons. The topological polar surface area (TPSA) is 12.9 Å². The molecule has 0 bridgehead atoms. The van der Waals surface area contributed by atoms with Crippen LogP contribution >= 0.6 is 0 Å². The van der Waals surface area contributed by atoms with Gasteiger partial charge in [0.05, 0.1) is 5.52 Å². The summed E-state index contributed by atoms with van der Waals surface area (Å²) in [5, 5.41) is 1.25. The van der Waals surface area contributed by atoms with Crippen LogP contribution in [0.2, 0.25) is 0 Å². The lowest BCUT2D eigenvalue weighted by atomic mass is 9.81. The summed E-state index contributed by atoms with van der Waals surface area (Å²) >= 11 is 0. The molecule has 2 aromatic carbocycles. The first-order valence-corrected chi connectivity index (χ1v) is 7.47. The first kappa shape index (κ1) is 13.8. The van der Waals surface area contributed by atoms with Crippen molar-refractivity contribution in [3.8, 4) is 0 Å². The summed E-state index contributed by atoms with van der Waals surface area (Å²) in [6.45, 7) is 6.72. The van der Waals surface area contributed by atoms with E-state index < -0.39 is 0 Å². The van der Waals surface area contributed by atoms with Crippen LogP contribution in [0.3, 0.4) is 0 Å². The Bertz CT molecular complexity index is 757. The number of hydrogen-bond acceptors (Lipinski definition) is 1. The van der Waals surface area contributed by atoms with Gasteiger partial charge in [0.25, 0.3) is 0 Å². The van der Waals surface area contributed by atoms with E-state index in [2.05, 4.69) is 81.4 Å². The fourth-order valence-corrected chi connectivity index (χ4v) is 2.89. The number of rotatable bonds is 3. The zero-order valence-electron chi connectivity index (χ0n) is 12.9. The van der Waals surface area contributed by atoms with Gasteiger partial charge in [0, 0.05) is 16.5 Å². The number of nitrogens with zero attached hydrogens (tertiary/aromatic N) is 1. The van der Waals surface area contributed by atoms with Crippen molar-refractivity contribution in [1.29, 1.82) is 0 Å². The normalized spacial score (nSPS) is 11.8. The molecular weight excluding hydrogens is 254 g/mol. The average Bonchev–Trinajstić information content (AvgIpc) is 2.48. The molecule has 0 aliphatic carbocycles. The van der Waals surface area contributed by atoms with Crippen LogP contribution in [-0.2, 0) is 11.8 Å². The predicted octanol–water partition coefficient (Wildman–Crippen LogP) is 5.06. The highest BCUT2D eigenvalue weighted by Gasteiger charge is 2.23. The second kappa shape index (κ2) is 5.33. The minimum Gasteiger partial charge on any atom is -0.252 e. The fourth-order valence-electron chi connectivity index (χ4n) is 2.89. The Morgan fingerprint density at radius 1 is 0.905 bits per heavy atom. The largest absolute Gasteiger partial charge is 0.252 e. The predicted molar refractivity (Wildman–Crippen MR) is 89.7 cm³/mol. The van der Waals surface area contributed by atoms with Gasteiger partial charge in [-0.1, -0.05) is 62.4 Å². The van der Waals surface area contributed by atoms with Crippen LogP contribution in [0.15, 0.2) is 60.7 Å². The van der Waals surface area contributed by atoms with Crippen molar-refractivity contribution in [3.63, 3.8) is 0 Å². The first-order valence-electron chi connectivity index (χ1n) is 7.47. The van der Waals surface area contributed by atoms with E-state index >= 15 is 0 Å². The van der Waals surface area contributed by atoms with Crippen LogP contribution < -0.4 is 0 Å². The molecule has 0 N–H and O–H groups in total. The number of benzene rings is 2. The van der Waals surface area contributed by atoms with Crippen molar-refractivity contribution < 1.29 is 0 Å². The SMILES string of the molecule is Cc1cc(C(C)(C)Cc2ccccc2)nc2ccccc12. The lowest BCUT2D eigenvalue weighted by Crippen LogP contribution is -2.22. The monoisotopic (exact) mass is 275 g/mol. The summed E-state index contributed by atoms with van der Waals surface area (Å²) in [7, 11) is 0. The van der Waals surface area contributed by atoms with Crippen molar-refractivity contribution in [3.05, 3.63) is 77.5 Å². The molecule has 0 aliphatic heterocycles. The third-order valence-electron chi connectivity index (χ3n) is 4.11. The van der Waals surface area contributed by atoms with Crippen molar-refractivity contribution in [2.45, 2.75) is 32.6 Å². The Balaban J connectivity index is 2.02. The second-order valence-electron chi connectivity index (χ2n) is 6.39. The van der Waals surface area contributed by atoms with Crippen molar-refractivity contribution in [2.75, 3.05) is 0 Å². The van der Waals surface area contributed by atoms with E-state index in [9.17, 15) is 0 Å². The average molecular weight is 275 g/mol. The maximum absolute atomic E-state index is 4.90. The molecule has 0 unspecified atom stereocenters. The number of fused-ring (bicyclic) bond motifs is 1. The molecule has 0 saturated heterocycles. The Labute approximate surface area is 126 Å². The molecule has 0 saturated carbocycles. The lowest BCUT2D eigenvalue weighted by Gasteiger charge is -2.25. The highest BCUT2D eigenvalue weighted by Crippen LogP contribution is 2.29. The minimum absolute atomic E-state index is 0.0240. The molecule has 0 aliphatic rings. The van der Waals surface area contributed by atoms with Gasteiger partial charge < -0.3 is 0 Å². The number of hydrogen-bond donors (Lipinski definition) is 0. The van der Waals surface area contributed by atoms with Crippen molar-refractivity contribution in [1.82, 2.24) is 4.98 Å². The van der Waals surface area contributed by atoms with E-state index in [4.69, 9.17) is 4.98 Å². The highest BCUT2D eigenvalue weighted by molar-refractivity contribution is 5.82. The van der Waals surface area contributed by atoms with Crippen LogP contribution in [0.1, 0.15) is 30.7 Å². The molecule has 0 atom stereocenters. The molecule has 1 nitrogen and oxygen atoms in total. The molecule has 0 spiro atoms. The fraction of sp³-hybridized carbons (Fsp3) is 0.250. The molecule has 0 fully saturated rings. The maximum atomic E-state index is 4.90. The molecule has 3 rings (SSSR count). The van der Waals surface area contributed by atoms with E-state index in [0.29, 0.717) is 0 Å². The third-order valence-corrected chi connectivity index (χ3v) is 4.11. The molecule has 21 heavy (non-hydrogen) atoms. The van der Waals surface area contributed by atoms with Crippen LogP contribution in [0, 0.1) is 6.92 Å². The number of pyridine rings is 1. The van der Waals surface area contributed by atoms with Crippen LogP contribution in [0.4, 0.5) is 0 Å². The Kier molecular flexibility index (Phi) is 3.50. The number of aryl methyl sites for hydroxylation is 1. The molecule has 1 heteroatoms. The molecule has 0 amide bonds. The molecular formula is C20H21N. The standard InChI is InChI=1S/C20H21N/c1-15-13-19(21-18-12-8-7-11-17(15)18)20(2,3)14-16-9-5-4-6-10-16/h4-13H,14H2,1-3H3. The summed E-state index contributed by atoms with van der Waals surface area (Å²) in [4.78, 5) is 4.90. The van der Waals surface area contributed by atoms with E-state index in [1.807, 2.05) is 0 Å². The summed E-state index contributed by atoms with van der Waals surface area (Å²) in [6.07, 6.45) is 0.999. The minimum atomic E-state index is 0.0240. The second-order valence-corrected chi connectivity index (χ2v) is 6.39. The van der Waals surface area contributed by atoms with Gasteiger partial charge in [-0.3, -0.25) is 4.98 Å². The zero-order valence-corrected chi connectivity index (χ0v) is 12.9. The lowest BCUT2D eigenvalue weighted by molar-refractivity contribution is 0.507. The van der Waals surface area contributed by atoms with E-state index in [0.717, 1.165) is 11.9 Å². The molecule has 1 aromatic heterocycles. The van der Waals surface area contributed by atoms with Gasteiger partial charge in [0.1, 0.15) is 0 Å². The molecule has 0 radical (unpaired) electrons. The van der Waals surface area contributed by atoms with Crippen LogP contribution in [-0.4, -0.2) is 4.98 Å². The van der Waals surface area contributed by atoms with Crippen molar-refractivity contribution >= 4 is 10.9 Å². The van der Waals surface area contributed by atoms with Gasteiger partial charge in [-0.15, -0.1) is 0 Å². The van der Waals surface area contributed by atoms with Gasteiger partial charge in [-0.05, 0) is 36.6 Å². The quantitative estimate of drug-likeness (QED) is 0.650. The van der Waals surface area contributed by atoms with Crippen molar-refractivity contribution in [2.24, 2.45) is 0 Å². The molecule has 1 heterocycles. The summed E-state index contributed by atoms with van der Waals surface area (Å²) < 4.78 is 0. The van der Waals surface area contributed by atoms with Crippen LogP contribution in [0.25, 0.3) is 10.9 Å². The Hall–Kier alpha value is -2.15. The number of para-hydroxylation sites is 1. The van der Waals surface area contributed by atoms with Gasteiger partial charge in [-0.2, -0.15) is 0 Å². The summed E-state index contributed by atoms with van der Waals surface area (Å²) in [6, 6.07) is 21.3. The Morgan fingerprint density at radius 3 is 2.33 bits per heavy atom. The smallest absolute Gasteiger partial charge is 0.0708 e. The Morgan fingerprint density at radius 2 is 1.57 bits per heavy atom.